The highest BCUT2D eigenvalue weighted by molar-refractivity contribution is 8.02. The molecule has 6 heteroatoms. The molecule has 1 saturated carbocycles. The minimum absolute atomic E-state index is 0.0440. The molecule has 2 fully saturated rings. The van der Waals surface area contributed by atoms with Crippen LogP contribution in [0.1, 0.15) is 66.7 Å². The third-order valence-electron chi connectivity index (χ3n) is 4.63. The van der Waals surface area contributed by atoms with E-state index in [0.717, 1.165) is 25.7 Å². The Balaban J connectivity index is 2.40. The van der Waals surface area contributed by atoms with Crippen molar-refractivity contribution in [2.75, 3.05) is 6.54 Å². The Morgan fingerprint density at radius 2 is 1.78 bits per heavy atom. The molecule has 2 amide bonds. The molecule has 23 heavy (non-hydrogen) atoms. The largest absolute Gasteiger partial charge is 0.350 e. The first kappa shape index (κ1) is 18.6. The molecule has 0 aromatic carbocycles. The summed E-state index contributed by atoms with van der Waals surface area (Å²) in [7, 11) is 0. The van der Waals surface area contributed by atoms with Crippen molar-refractivity contribution in [1.29, 1.82) is 0 Å². The number of nitrogens with two attached hydrogens (primary N) is 1. The second-order valence-corrected chi connectivity index (χ2v) is 10.3. The van der Waals surface area contributed by atoms with Crippen molar-refractivity contribution in [2.24, 2.45) is 5.73 Å². The van der Waals surface area contributed by atoms with Crippen LogP contribution < -0.4 is 11.1 Å². The van der Waals surface area contributed by atoms with Gasteiger partial charge in [-0.15, -0.1) is 11.8 Å². The lowest BCUT2D eigenvalue weighted by Crippen LogP contribution is -2.61. The average Bonchev–Trinajstić information content (AvgIpc) is 2.63. The van der Waals surface area contributed by atoms with Crippen molar-refractivity contribution in [2.45, 2.75) is 87.9 Å². The third-order valence-corrected chi connectivity index (χ3v) is 6.37. The Bertz CT molecular complexity index is 479. The van der Waals surface area contributed by atoms with Gasteiger partial charge in [0.1, 0.15) is 6.04 Å². The predicted molar refractivity (Wildman–Crippen MR) is 95.1 cm³/mol. The van der Waals surface area contributed by atoms with Gasteiger partial charge in [-0.25, -0.2) is 0 Å². The Morgan fingerprint density at radius 1 is 1.22 bits per heavy atom. The number of rotatable bonds is 2. The maximum absolute atomic E-state index is 13.0. The Hall–Kier alpha value is -0.750. The molecule has 1 aliphatic carbocycles. The monoisotopic (exact) mass is 341 g/mol. The van der Waals surface area contributed by atoms with Crippen molar-refractivity contribution in [3.05, 3.63) is 0 Å². The first-order chi connectivity index (χ1) is 10.5. The van der Waals surface area contributed by atoms with Crippen molar-refractivity contribution >= 4 is 23.6 Å². The predicted octanol–water partition coefficient (Wildman–Crippen LogP) is 2.24. The fraction of sp³-hybridized carbons (Fsp3) is 0.882. The fourth-order valence-electron chi connectivity index (χ4n) is 3.93. The Morgan fingerprint density at radius 3 is 2.26 bits per heavy atom. The summed E-state index contributed by atoms with van der Waals surface area (Å²) >= 11 is 1.79. The summed E-state index contributed by atoms with van der Waals surface area (Å²) in [6.45, 7) is 10.00. The zero-order chi connectivity index (χ0) is 17.5. The van der Waals surface area contributed by atoms with Gasteiger partial charge in [0, 0.05) is 10.3 Å². The van der Waals surface area contributed by atoms with E-state index in [1.54, 1.807) is 11.8 Å². The SMILES string of the molecule is CC(C)(C)NC(=O)[C@H]1N(C(=O)CN)C2(CCCCC2)SC1(C)C. The van der Waals surface area contributed by atoms with Crippen LogP contribution in [-0.4, -0.2) is 44.5 Å². The topological polar surface area (TPSA) is 75.4 Å². The normalized spacial score (nSPS) is 26.3. The van der Waals surface area contributed by atoms with Crippen LogP contribution >= 0.6 is 11.8 Å². The van der Waals surface area contributed by atoms with E-state index in [4.69, 9.17) is 5.73 Å². The molecule has 3 N–H and O–H groups in total. The van der Waals surface area contributed by atoms with Gasteiger partial charge in [0.2, 0.25) is 11.8 Å². The first-order valence-corrected chi connectivity index (χ1v) is 9.38. The average molecular weight is 342 g/mol. The van der Waals surface area contributed by atoms with Crippen molar-refractivity contribution in [3.63, 3.8) is 0 Å². The van der Waals surface area contributed by atoms with Crippen LogP contribution in [-0.2, 0) is 9.59 Å². The minimum atomic E-state index is -0.471. The van der Waals surface area contributed by atoms with Crippen LogP contribution in [0.2, 0.25) is 0 Å². The van der Waals surface area contributed by atoms with Crippen LogP contribution in [0.5, 0.6) is 0 Å². The quantitative estimate of drug-likeness (QED) is 0.808. The number of carbonyl (C=O) groups is 2. The Kier molecular flexibility index (Phi) is 5.07. The molecule has 0 aromatic rings. The van der Waals surface area contributed by atoms with E-state index in [1.165, 1.54) is 6.42 Å². The summed E-state index contributed by atoms with van der Waals surface area (Å²) in [4.78, 5) is 27.2. The molecule has 132 valence electrons. The summed E-state index contributed by atoms with van der Waals surface area (Å²) in [6.07, 6.45) is 5.31. The number of carbonyl (C=O) groups excluding carboxylic acids is 2. The van der Waals surface area contributed by atoms with Gasteiger partial charge in [-0.2, -0.15) is 0 Å². The fourth-order valence-corrected chi connectivity index (χ4v) is 6.03. The standard InChI is InChI=1S/C17H31N3O2S/c1-15(2,3)19-14(22)13-16(4,5)23-17(9-7-6-8-10-17)20(13)12(21)11-18/h13H,6-11,18H2,1-5H3,(H,19,22)/t13-/m1/s1. The molecule has 0 bridgehead atoms. The summed E-state index contributed by atoms with van der Waals surface area (Å²) in [6, 6.07) is -0.471. The number of amides is 2. The van der Waals surface area contributed by atoms with E-state index in [9.17, 15) is 9.59 Å². The van der Waals surface area contributed by atoms with E-state index in [1.807, 2.05) is 25.7 Å². The van der Waals surface area contributed by atoms with E-state index >= 15 is 0 Å². The van der Waals surface area contributed by atoms with Gasteiger partial charge in [0.15, 0.2) is 0 Å². The van der Waals surface area contributed by atoms with Crippen molar-refractivity contribution in [1.82, 2.24) is 10.2 Å². The van der Waals surface area contributed by atoms with Crippen LogP contribution in [0.15, 0.2) is 0 Å². The maximum Gasteiger partial charge on any atom is 0.244 e. The summed E-state index contributed by atoms with van der Waals surface area (Å²) in [5, 5.41) is 3.06. The van der Waals surface area contributed by atoms with Crippen molar-refractivity contribution in [3.8, 4) is 0 Å². The van der Waals surface area contributed by atoms with Gasteiger partial charge in [-0.1, -0.05) is 19.3 Å². The van der Waals surface area contributed by atoms with E-state index < -0.39 is 6.04 Å². The molecule has 1 atom stereocenters. The van der Waals surface area contributed by atoms with Gasteiger partial charge >= 0.3 is 0 Å². The van der Waals surface area contributed by atoms with E-state index in [2.05, 4.69) is 19.2 Å². The second-order valence-electron chi connectivity index (χ2n) is 8.32. The highest BCUT2D eigenvalue weighted by atomic mass is 32.2. The second kappa shape index (κ2) is 6.28. The minimum Gasteiger partial charge on any atom is -0.350 e. The van der Waals surface area contributed by atoms with E-state index in [-0.39, 0.29) is 33.5 Å². The molecular formula is C17H31N3O2S. The lowest BCUT2D eigenvalue weighted by Gasteiger charge is -2.42. The van der Waals surface area contributed by atoms with Crippen LogP contribution in [0.3, 0.4) is 0 Å². The highest BCUT2D eigenvalue weighted by Gasteiger charge is 2.60. The van der Waals surface area contributed by atoms with Crippen molar-refractivity contribution < 1.29 is 9.59 Å². The third kappa shape index (κ3) is 3.68. The number of hydrogen-bond donors (Lipinski definition) is 2. The molecule has 1 aliphatic heterocycles. The molecule has 1 spiro atoms. The molecule has 2 aliphatic rings. The number of nitrogens with zero attached hydrogens (tertiary/aromatic N) is 1. The molecule has 0 radical (unpaired) electrons. The van der Waals surface area contributed by atoms with Crippen LogP contribution in [0, 0.1) is 0 Å². The Labute approximate surface area is 144 Å². The first-order valence-electron chi connectivity index (χ1n) is 8.57. The number of nitrogens with one attached hydrogen (secondary N) is 1. The van der Waals surface area contributed by atoms with Gasteiger partial charge in [-0.3, -0.25) is 9.59 Å². The molecule has 2 rings (SSSR count). The molecule has 0 unspecified atom stereocenters. The van der Waals surface area contributed by atoms with Crippen LogP contribution in [0.4, 0.5) is 0 Å². The molecule has 5 nitrogen and oxygen atoms in total. The lowest BCUT2D eigenvalue weighted by molar-refractivity contribution is -0.144. The maximum atomic E-state index is 13.0. The number of hydrogen-bond acceptors (Lipinski definition) is 4. The summed E-state index contributed by atoms with van der Waals surface area (Å²) < 4.78 is -0.322. The molecule has 0 aromatic heterocycles. The van der Waals surface area contributed by atoms with Gasteiger partial charge in [0.05, 0.1) is 11.4 Å². The lowest BCUT2D eigenvalue weighted by atomic mass is 9.90. The van der Waals surface area contributed by atoms with Crippen LogP contribution in [0.25, 0.3) is 0 Å². The van der Waals surface area contributed by atoms with Gasteiger partial charge < -0.3 is 16.0 Å². The zero-order valence-corrected chi connectivity index (χ0v) is 15.9. The molecule has 1 saturated heterocycles. The summed E-state index contributed by atoms with van der Waals surface area (Å²) in [5.74, 6) is -0.182. The summed E-state index contributed by atoms with van der Waals surface area (Å²) in [5.41, 5.74) is 5.37. The van der Waals surface area contributed by atoms with Gasteiger partial charge in [0.25, 0.3) is 0 Å². The zero-order valence-electron chi connectivity index (χ0n) is 15.1. The molecular weight excluding hydrogens is 310 g/mol. The highest BCUT2D eigenvalue weighted by Crippen LogP contribution is 2.57. The molecule has 1 heterocycles. The van der Waals surface area contributed by atoms with Gasteiger partial charge in [-0.05, 0) is 47.5 Å². The van der Waals surface area contributed by atoms with E-state index in [0.29, 0.717) is 0 Å². The number of thioether (sulfide) groups is 1. The smallest absolute Gasteiger partial charge is 0.244 e.